The van der Waals surface area contributed by atoms with Gasteiger partial charge in [0, 0.05) is 32.8 Å². The summed E-state index contributed by atoms with van der Waals surface area (Å²) in [6, 6.07) is 5.97. The number of methoxy groups -OCH3 is 1. The SMILES string of the molecule is COC1CCN(CC(N)c2ccc3c(c2)OCO3)CC1. The second-order valence-corrected chi connectivity index (χ2v) is 5.45. The molecule has 1 fully saturated rings. The molecule has 0 spiro atoms. The largest absolute Gasteiger partial charge is 0.454 e. The molecule has 2 aliphatic rings. The van der Waals surface area contributed by atoms with Gasteiger partial charge in [0.15, 0.2) is 11.5 Å². The van der Waals surface area contributed by atoms with Crippen LogP contribution in [0.4, 0.5) is 0 Å². The third kappa shape index (κ3) is 2.90. The lowest BCUT2D eigenvalue weighted by Crippen LogP contribution is -2.40. The fourth-order valence-corrected chi connectivity index (χ4v) is 2.85. The summed E-state index contributed by atoms with van der Waals surface area (Å²) in [5.41, 5.74) is 7.42. The van der Waals surface area contributed by atoms with Crippen molar-refractivity contribution in [1.29, 1.82) is 0 Å². The first-order valence-electron chi connectivity index (χ1n) is 7.16. The quantitative estimate of drug-likeness (QED) is 0.905. The van der Waals surface area contributed by atoms with Crippen LogP contribution in [0.25, 0.3) is 0 Å². The van der Waals surface area contributed by atoms with Gasteiger partial charge in [-0.2, -0.15) is 0 Å². The topological polar surface area (TPSA) is 57.0 Å². The number of nitrogens with zero attached hydrogens (tertiary/aromatic N) is 1. The number of fused-ring (bicyclic) bond motifs is 1. The normalized spacial score (nSPS) is 21.1. The van der Waals surface area contributed by atoms with Gasteiger partial charge >= 0.3 is 0 Å². The number of rotatable bonds is 4. The van der Waals surface area contributed by atoms with E-state index in [0.29, 0.717) is 12.9 Å². The maximum Gasteiger partial charge on any atom is 0.231 e. The number of piperidine rings is 1. The number of nitrogens with two attached hydrogens (primary N) is 1. The first-order chi connectivity index (χ1) is 9.76. The average Bonchev–Trinajstić information content (AvgIpc) is 2.95. The lowest BCUT2D eigenvalue weighted by molar-refractivity contribution is 0.0395. The summed E-state index contributed by atoms with van der Waals surface area (Å²) in [6.07, 6.45) is 2.59. The van der Waals surface area contributed by atoms with Gasteiger partial charge in [0.2, 0.25) is 6.79 Å². The van der Waals surface area contributed by atoms with E-state index in [9.17, 15) is 0 Å². The van der Waals surface area contributed by atoms with E-state index in [1.54, 1.807) is 7.11 Å². The number of ether oxygens (including phenoxy) is 3. The number of benzene rings is 1. The van der Waals surface area contributed by atoms with Crippen LogP contribution >= 0.6 is 0 Å². The maximum atomic E-state index is 6.32. The fourth-order valence-electron chi connectivity index (χ4n) is 2.85. The first-order valence-corrected chi connectivity index (χ1v) is 7.16. The number of hydrogen-bond acceptors (Lipinski definition) is 5. The van der Waals surface area contributed by atoms with Crippen LogP contribution in [0.2, 0.25) is 0 Å². The van der Waals surface area contributed by atoms with Gasteiger partial charge in [0.05, 0.1) is 6.10 Å². The molecule has 1 aromatic carbocycles. The summed E-state index contributed by atoms with van der Waals surface area (Å²) in [4.78, 5) is 2.41. The second kappa shape index (κ2) is 5.99. The van der Waals surface area contributed by atoms with Crippen LogP contribution in [-0.2, 0) is 4.74 Å². The maximum absolute atomic E-state index is 6.32. The Morgan fingerprint density at radius 1 is 1.30 bits per heavy atom. The molecule has 5 heteroatoms. The molecular weight excluding hydrogens is 256 g/mol. The van der Waals surface area contributed by atoms with Gasteiger partial charge in [-0.15, -0.1) is 0 Å². The molecule has 1 atom stereocenters. The standard InChI is InChI=1S/C15H22N2O3/c1-18-12-4-6-17(7-5-12)9-13(16)11-2-3-14-15(8-11)20-10-19-14/h2-3,8,12-13H,4-7,9-10,16H2,1H3. The monoisotopic (exact) mass is 278 g/mol. The Kier molecular flexibility index (Phi) is 4.10. The molecule has 0 radical (unpaired) electrons. The first kappa shape index (κ1) is 13.7. The second-order valence-electron chi connectivity index (χ2n) is 5.45. The zero-order valence-electron chi connectivity index (χ0n) is 11.9. The summed E-state index contributed by atoms with van der Waals surface area (Å²) >= 11 is 0. The molecule has 1 unspecified atom stereocenters. The zero-order chi connectivity index (χ0) is 13.9. The molecule has 0 aliphatic carbocycles. The van der Waals surface area contributed by atoms with Gasteiger partial charge in [-0.1, -0.05) is 6.07 Å². The van der Waals surface area contributed by atoms with E-state index < -0.39 is 0 Å². The molecule has 2 N–H and O–H groups in total. The molecule has 1 aromatic rings. The van der Waals surface area contributed by atoms with Gasteiger partial charge in [-0.3, -0.25) is 0 Å². The third-order valence-electron chi connectivity index (χ3n) is 4.15. The lowest BCUT2D eigenvalue weighted by Gasteiger charge is -2.32. The predicted octanol–water partition coefficient (Wildman–Crippen LogP) is 1.53. The van der Waals surface area contributed by atoms with Crippen LogP contribution in [0.3, 0.4) is 0 Å². The van der Waals surface area contributed by atoms with Crippen molar-refractivity contribution in [3.05, 3.63) is 23.8 Å². The number of hydrogen-bond donors (Lipinski definition) is 1. The van der Waals surface area contributed by atoms with Gasteiger partial charge in [-0.05, 0) is 30.5 Å². The number of likely N-dealkylation sites (tertiary alicyclic amines) is 1. The van der Waals surface area contributed by atoms with E-state index in [1.165, 1.54) is 0 Å². The van der Waals surface area contributed by atoms with Gasteiger partial charge in [0.1, 0.15) is 0 Å². The van der Waals surface area contributed by atoms with Gasteiger partial charge in [0.25, 0.3) is 0 Å². The Labute approximate surface area is 119 Å². The molecule has 0 amide bonds. The highest BCUT2D eigenvalue weighted by Crippen LogP contribution is 2.34. The molecule has 0 aromatic heterocycles. The van der Waals surface area contributed by atoms with E-state index in [2.05, 4.69) is 4.90 Å². The van der Waals surface area contributed by atoms with Crippen LogP contribution in [0, 0.1) is 0 Å². The van der Waals surface area contributed by atoms with Crippen molar-refractivity contribution in [3.63, 3.8) is 0 Å². The molecular formula is C15H22N2O3. The van der Waals surface area contributed by atoms with Crippen LogP contribution in [0.1, 0.15) is 24.4 Å². The Hall–Kier alpha value is -1.30. The van der Waals surface area contributed by atoms with Crippen molar-refractivity contribution >= 4 is 0 Å². The Bertz CT molecular complexity index is 458. The highest BCUT2D eigenvalue weighted by atomic mass is 16.7. The highest BCUT2D eigenvalue weighted by Gasteiger charge is 2.22. The summed E-state index contributed by atoms with van der Waals surface area (Å²) < 4.78 is 16.1. The van der Waals surface area contributed by atoms with E-state index in [0.717, 1.165) is 49.5 Å². The van der Waals surface area contributed by atoms with Crippen LogP contribution in [-0.4, -0.2) is 44.5 Å². The van der Waals surface area contributed by atoms with Crippen LogP contribution < -0.4 is 15.2 Å². The Morgan fingerprint density at radius 3 is 2.80 bits per heavy atom. The molecule has 1 saturated heterocycles. The summed E-state index contributed by atoms with van der Waals surface area (Å²) in [6.45, 7) is 3.28. The van der Waals surface area contributed by atoms with Crippen molar-refractivity contribution in [2.45, 2.75) is 25.0 Å². The molecule has 0 bridgehead atoms. The van der Waals surface area contributed by atoms with Crippen LogP contribution in [0.5, 0.6) is 11.5 Å². The molecule has 3 rings (SSSR count). The van der Waals surface area contributed by atoms with Crippen molar-refractivity contribution in [1.82, 2.24) is 4.90 Å². The van der Waals surface area contributed by atoms with Crippen molar-refractivity contribution in [2.75, 3.05) is 33.5 Å². The smallest absolute Gasteiger partial charge is 0.231 e. The van der Waals surface area contributed by atoms with E-state index in [4.69, 9.17) is 19.9 Å². The van der Waals surface area contributed by atoms with Gasteiger partial charge < -0.3 is 24.8 Å². The Morgan fingerprint density at radius 2 is 2.05 bits per heavy atom. The Balaban J connectivity index is 1.58. The molecule has 110 valence electrons. The summed E-state index contributed by atoms with van der Waals surface area (Å²) in [5.74, 6) is 1.61. The predicted molar refractivity (Wildman–Crippen MR) is 76.0 cm³/mol. The third-order valence-corrected chi connectivity index (χ3v) is 4.15. The molecule has 20 heavy (non-hydrogen) atoms. The summed E-state index contributed by atoms with van der Waals surface area (Å²) in [5, 5.41) is 0. The lowest BCUT2D eigenvalue weighted by atomic mass is 10.0. The molecule has 2 aliphatic heterocycles. The minimum Gasteiger partial charge on any atom is -0.454 e. The summed E-state index contributed by atoms with van der Waals surface area (Å²) in [7, 11) is 1.79. The van der Waals surface area contributed by atoms with Crippen molar-refractivity contribution in [3.8, 4) is 11.5 Å². The minimum absolute atomic E-state index is 0.00333. The minimum atomic E-state index is 0.00333. The highest BCUT2D eigenvalue weighted by molar-refractivity contribution is 5.45. The molecule has 0 saturated carbocycles. The molecule has 5 nitrogen and oxygen atoms in total. The average molecular weight is 278 g/mol. The van der Waals surface area contributed by atoms with E-state index >= 15 is 0 Å². The van der Waals surface area contributed by atoms with Gasteiger partial charge in [-0.25, -0.2) is 0 Å². The van der Waals surface area contributed by atoms with E-state index in [-0.39, 0.29) is 6.04 Å². The fraction of sp³-hybridized carbons (Fsp3) is 0.600. The molecule has 2 heterocycles. The van der Waals surface area contributed by atoms with Crippen LogP contribution in [0.15, 0.2) is 18.2 Å². The van der Waals surface area contributed by atoms with Crippen molar-refractivity contribution in [2.24, 2.45) is 5.73 Å². The zero-order valence-corrected chi connectivity index (χ0v) is 11.9. The van der Waals surface area contributed by atoms with E-state index in [1.807, 2.05) is 18.2 Å². The van der Waals surface area contributed by atoms with Crippen molar-refractivity contribution < 1.29 is 14.2 Å².